The molecule has 1 amide bonds. The van der Waals surface area contributed by atoms with Crippen LogP contribution in [-0.4, -0.2) is 34.5 Å². The van der Waals surface area contributed by atoms with Crippen molar-refractivity contribution >= 4 is 11.9 Å². The monoisotopic (exact) mass is 227 g/mol. The molecule has 0 saturated heterocycles. The van der Waals surface area contributed by atoms with Crippen LogP contribution in [0.25, 0.3) is 0 Å². The molecule has 1 rings (SSSR count). The number of carboxylic acids is 1. The Morgan fingerprint density at radius 2 is 1.88 bits per heavy atom. The second kappa shape index (κ2) is 5.87. The highest BCUT2D eigenvalue weighted by Crippen LogP contribution is 2.28. The van der Waals surface area contributed by atoms with E-state index < -0.39 is 5.97 Å². The van der Waals surface area contributed by atoms with E-state index in [1.807, 2.05) is 13.8 Å². The van der Waals surface area contributed by atoms with Crippen LogP contribution in [0.5, 0.6) is 0 Å². The average Bonchev–Trinajstić information content (AvgIpc) is 2.65. The van der Waals surface area contributed by atoms with Crippen molar-refractivity contribution in [3.05, 3.63) is 0 Å². The van der Waals surface area contributed by atoms with Crippen molar-refractivity contribution in [3.63, 3.8) is 0 Å². The first kappa shape index (κ1) is 13.0. The Balaban J connectivity index is 2.49. The molecule has 0 spiro atoms. The van der Waals surface area contributed by atoms with Crippen LogP contribution in [0.1, 0.15) is 46.0 Å². The van der Waals surface area contributed by atoms with Crippen LogP contribution >= 0.6 is 0 Å². The molecule has 4 heteroatoms. The number of aliphatic carboxylic acids is 1. The number of carboxylic acid groups (broad SMARTS) is 1. The third-order valence-electron chi connectivity index (χ3n) is 3.19. The van der Waals surface area contributed by atoms with Gasteiger partial charge in [-0.3, -0.25) is 9.59 Å². The summed E-state index contributed by atoms with van der Waals surface area (Å²) in [5, 5.41) is 8.75. The summed E-state index contributed by atoms with van der Waals surface area (Å²) in [6, 6.07) is -0.0370. The Morgan fingerprint density at radius 1 is 1.31 bits per heavy atom. The normalized spacial score (nSPS) is 16.7. The van der Waals surface area contributed by atoms with E-state index >= 15 is 0 Å². The molecule has 1 aliphatic rings. The van der Waals surface area contributed by atoms with Gasteiger partial charge in [-0.2, -0.15) is 0 Å². The second-order valence-corrected chi connectivity index (χ2v) is 4.86. The zero-order valence-corrected chi connectivity index (χ0v) is 10.1. The molecule has 0 aliphatic heterocycles. The molecule has 1 aliphatic carbocycles. The van der Waals surface area contributed by atoms with Crippen molar-refractivity contribution in [2.75, 3.05) is 6.54 Å². The van der Waals surface area contributed by atoms with Gasteiger partial charge in [0.1, 0.15) is 6.54 Å². The van der Waals surface area contributed by atoms with Crippen molar-refractivity contribution in [1.82, 2.24) is 4.90 Å². The Kier molecular flexibility index (Phi) is 4.77. The first-order chi connectivity index (χ1) is 7.50. The van der Waals surface area contributed by atoms with Crippen molar-refractivity contribution in [3.8, 4) is 0 Å². The van der Waals surface area contributed by atoms with Gasteiger partial charge in [-0.1, -0.05) is 12.8 Å². The minimum atomic E-state index is -0.937. The van der Waals surface area contributed by atoms with E-state index in [0.717, 1.165) is 12.8 Å². The lowest BCUT2D eigenvalue weighted by Gasteiger charge is -2.26. The molecular formula is C12H21NO3. The molecule has 0 unspecified atom stereocenters. The van der Waals surface area contributed by atoms with E-state index in [2.05, 4.69) is 0 Å². The van der Waals surface area contributed by atoms with Gasteiger partial charge in [0.25, 0.3) is 0 Å². The Hall–Kier alpha value is -1.06. The SMILES string of the molecule is CC(C)N(CC(=O)O)C(=O)CC1CCCC1. The Bertz CT molecular complexity index is 257. The zero-order valence-electron chi connectivity index (χ0n) is 10.1. The second-order valence-electron chi connectivity index (χ2n) is 4.86. The fraction of sp³-hybridized carbons (Fsp3) is 0.833. The maximum Gasteiger partial charge on any atom is 0.323 e. The molecule has 4 nitrogen and oxygen atoms in total. The molecule has 1 N–H and O–H groups in total. The molecule has 16 heavy (non-hydrogen) atoms. The quantitative estimate of drug-likeness (QED) is 0.780. The van der Waals surface area contributed by atoms with Crippen molar-refractivity contribution in [2.24, 2.45) is 5.92 Å². The number of nitrogens with zero attached hydrogens (tertiary/aromatic N) is 1. The molecule has 0 radical (unpaired) electrons. The highest BCUT2D eigenvalue weighted by atomic mass is 16.4. The smallest absolute Gasteiger partial charge is 0.323 e. The van der Waals surface area contributed by atoms with Crippen LogP contribution < -0.4 is 0 Å². The van der Waals surface area contributed by atoms with E-state index in [0.29, 0.717) is 12.3 Å². The zero-order chi connectivity index (χ0) is 12.1. The van der Waals surface area contributed by atoms with Crippen LogP contribution in [0.15, 0.2) is 0 Å². The van der Waals surface area contributed by atoms with E-state index in [1.54, 1.807) is 0 Å². The van der Waals surface area contributed by atoms with E-state index in [9.17, 15) is 9.59 Å². The molecular weight excluding hydrogens is 206 g/mol. The van der Waals surface area contributed by atoms with E-state index in [1.165, 1.54) is 17.7 Å². The van der Waals surface area contributed by atoms with Gasteiger partial charge in [0.05, 0.1) is 0 Å². The van der Waals surface area contributed by atoms with Gasteiger partial charge >= 0.3 is 5.97 Å². The van der Waals surface area contributed by atoms with Crippen LogP contribution in [0.3, 0.4) is 0 Å². The van der Waals surface area contributed by atoms with Crippen LogP contribution in [0, 0.1) is 5.92 Å². The van der Waals surface area contributed by atoms with Crippen molar-refractivity contribution in [1.29, 1.82) is 0 Å². The van der Waals surface area contributed by atoms with Crippen molar-refractivity contribution < 1.29 is 14.7 Å². The molecule has 0 aromatic carbocycles. The lowest BCUT2D eigenvalue weighted by atomic mass is 10.0. The number of carbonyl (C=O) groups is 2. The highest BCUT2D eigenvalue weighted by Gasteiger charge is 2.24. The maximum atomic E-state index is 11.9. The minimum Gasteiger partial charge on any atom is -0.480 e. The Labute approximate surface area is 96.6 Å². The molecule has 0 aromatic rings. The van der Waals surface area contributed by atoms with E-state index in [4.69, 9.17) is 5.11 Å². The largest absolute Gasteiger partial charge is 0.480 e. The summed E-state index contributed by atoms with van der Waals surface area (Å²) < 4.78 is 0. The summed E-state index contributed by atoms with van der Waals surface area (Å²) in [5.74, 6) is -0.472. The standard InChI is InChI=1S/C12H21NO3/c1-9(2)13(8-12(15)16)11(14)7-10-5-3-4-6-10/h9-10H,3-8H2,1-2H3,(H,15,16). The first-order valence-electron chi connectivity index (χ1n) is 6.02. The molecule has 0 bridgehead atoms. The number of hydrogen-bond acceptors (Lipinski definition) is 2. The lowest BCUT2D eigenvalue weighted by Crippen LogP contribution is -2.41. The third-order valence-corrected chi connectivity index (χ3v) is 3.19. The summed E-state index contributed by atoms with van der Waals surface area (Å²) >= 11 is 0. The third kappa shape index (κ3) is 3.83. The molecule has 0 aromatic heterocycles. The van der Waals surface area contributed by atoms with Crippen LogP contribution in [0.2, 0.25) is 0 Å². The topological polar surface area (TPSA) is 57.6 Å². The number of amides is 1. The van der Waals surface area contributed by atoms with Gasteiger partial charge in [0.2, 0.25) is 5.91 Å². The lowest BCUT2D eigenvalue weighted by molar-refractivity contribution is -0.146. The fourth-order valence-corrected chi connectivity index (χ4v) is 2.28. The van der Waals surface area contributed by atoms with Gasteiger partial charge in [-0.15, -0.1) is 0 Å². The van der Waals surface area contributed by atoms with Gasteiger partial charge in [-0.25, -0.2) is 0 Å². The average molecular weight is 227 g/mol. The number of rotatable bonds is 5. The molecule has 92 valence electrons. The predicted octanol–water partition coefficient (Wildman–Crippen LogP) is 1.89. The van der Waals surface area contributed by atoms with Crippen LogP contribution in [-0.2, 0) is 9.59 Å². The summed E-state index contributed by atoms with van der Waals surface area (Å²) in [5.41, 5.74) is 0. The molecule has 0 heterocycles. The summed E-state index contributed by atoms with van der Waals surface area (Å²) in [4.78, 5) is 24.1. The maximum absolute atomic E-state index is 11.9. The first-order valence-corrected chi connectivity index (χ1v) is 6.02. The summed E-state index contributed by atoms with van der Waals surface area (Å²) in [6.45, 7) is 3.54. The Morgan fingerprint density at radius 3 is 2.31 bits per heavy atom. The molecule has 1 saturated carbocycles. The fourth-order valence-electron chi connectivity index (χ4n) is 2.28. The molecule has 1 fully saturated rings. The number of hydrogen-bond donors (Lipinski definition) is 1. The summed E-state index contributed by atoms with van der Waals surface area (Å²) in [6.07, 6.45) is 5.16. The molecule has 0 atom stereocenters. The highest BCUT2D eigenvalue weighted by molar-refractivity contribution is 5.81. The van der Waals surface area contributed by atoms with Crippen LogP contribution in [0.4, 0.5) is 0 Å². The minimum absolute atomic E-state index is 0.00991. The van der Waals surface area contributed by atoms with Crippen molar-refractivity contribution in [2.45, 2.75) is 52.0 Å². The van der Waals surface area contributed by atoms with Gasteiger partial charge in [0, 0.05) is 12.5 Å². The number of carbonyl (C=O) groups excluding carboxylic acids is 1. The van der Waals surface area contributed by atoms with Gasteiger partial charge < -0.3 is 10.0 Å². The summed E-state index contributed by atoms with van der Waals surface area (Å²) in [7, 11) is 0. The van der Waals surface area contributed by atoms with E-state index in [-0.39, 0.29) is 18.5 Å². The predicted molar refractivity (Wildman–Crippen MR) is 61.1 cm³/mol. The van der Waals surface area contributed by atoms with Gasteiger partial charge in [-0.05, 0) is 32.6 Å². The van der Waals surface area contributed by atoms with Gasteiger partial charge in [0.15, 0.2) is 0 Å².